The van der Waals surface area contributed by atoms with Gasteiger partial charge in [0.2, 0.25) is 14.7 Å². The molecule has 0 heterocycles. The lowest BCUT2D eigenvalue weighted by atomic mass is 10.3. The van der Waals surface area contributed by atoms with Crippen molar-refractivity contribution in [3.63, 3.8) is 0 Å². The summed E-state index contributed by atoms with van der Waals surface area (Å²) in [6.07, 6.45) is 0.715. The number of hydrogen-bond donors (Lipinski definition) is 4. The summed E-state index contributed by atoms with van der Waals surface area (Å²) in [6, 6.07) is 21.0. The molecule has 0 aliphatic heterocycles. The standard InChI is InChI=1S/C18H14O3S.CH4O3S/c19-13-7-1-4-10-16(13)22(17-11-5-2-8-14(17)20)18-12-6-3-9-15(18)21;1-5(2,3)4/h1-12H,(H2-,19,20,21);1H3,(H,2,3,4)/p+1. The molecular formula is C19H19O6S2+. The van der Waals surface area contributed by atoms with Crippen molar-refractivity contribution in [1.82, 2.24) is 0 Å². The summed E-state index contributed by atoms with van der Waals surface area (Å²) in [6.45, 7) is 0. The molecule has 4 N–H and O–H groups in total. The number of benzene rings is 3. The second-order valence-electron chi connectivity index (χ2n) is 5.44. The normalized spacial score (nSPS) is 10.9. The molecule has 142 valence electrons. The van der Waals surface area contributed by atoms with Gasteiger partial charge in [0.05, 0.1) is 6.26 Å². The fourth-order valence-corrected chi connectivity index (χ4v) is 4.43. The van der Waals surface area contributed by atoms with Crippen LogP contribution in [0.5, 0.6) is 17.2 Å². The van der Waals surface area contributed by atoms with Crippen LogP contribution in [-0.2, 0) is 21.0 Å². The molecule has 0 amide bonds. The minimum Gasteiger partial charge on any atom is -0.503 e. The zero-order valence-electron chi connectivity index (χ0n) is 14.4. The molecule has 0 aliphatic rings. The third kappa shape index (κ3) is 5.92. The van der Waals surface area contributed by atoms with Gasteiger partial charge < -0.3 is 15.3 Å². The molecule has 0 unspecified atom stereocenters. The van der Waals surface area contributed by atoms with Crippen molar-refractivity contribution in [3.05, 3.63) is 72.8 Å². The highest BCUT2D eigenvalue weighted by Gasteiger charge is 2.36. The molecule has 27 heavy (non-hydrogen) atoms. The Balaban J connectivity index is 0.000000465. The summed E-state index contributed by atoms with van der Waals surface area (Å²) >= 11 is 0. The largest absolute Gasteiger partial charge is 0.503 e. The van der Waals surface area contributed by atoms with Crippen LogP contribution in [0.25, 0.3) is 0 Å². The van der Waals surface area contributed by atoms with E-state index >= 15 is 0 Å². The molecule has 3 rings (SSSR count). The van der Waals surface area contributed by atoms with E-state index in [4.69, 9.17) is 4.55 Å². The summed E-state index contributed by atoms with van der Waals surface area (Å²) < 4.78 is 25.9. The first kappa shape index (κ1) is 20.6. The Morgan fingerprint density at radius 3 is 1.07 bits per heavy atom. The minimum absolute atomic E-state index is 0.136. The Bertz CT molecular complexity index is 902. The van der Waals surface area contributed by atoms with Gasteiger partial charge in [-0.2, -0.15) is 8.42 Å². The van der Waals surface area contributed by atoms with E-state index in [0.717, 1.165) is 0 Å². The maximum Gasteiger partial charge on any atom is 0.261 e. The molecule has 0 atom stereocenters. The molecule has 3 aromatic carbocycles. The maximum absolute atomic E-state index is 10.2. The number of aromatic hydroxyl groups is 3. The van der Waals surface area contributed by atoms with Gasteiger partial charge in [0.1, 0.15) is 10.9 Å². The Morgan fingerprint density at radius 2 is 0.852 bits per heavy atom. The van der Waals surface area contributed by atoms with E-state index in [0.29, 0.717) is 20.9 Å². The molecule has 0 aromatic heterocycles. The Kier molecular flexibility index (Phi) is 6.73. The number of phenolic OH excluding ortho intramolecular Hbond substituents is 3. The van der Waals surface area contributed by atoms with Crippen LogP contribution in [0.4, 0.5) is 0 Å². The van der Waals surface area contributed by atoms with Crippen molar-refractivity contribution >= 4 is 21.0 Å². The topological polar surface area (TPSA) is 115 Å². The molecule has 8 heteroatoms. The molecule has 0 spiro atoms. The van der Waals surface area contributed by atoms with Gasteiger partial charge in [-0.05, 0) is 36.4 Å². The van der Waals surface area contributed by atoms with E-state index in [1.54, 1.807) is 54.6 Å². The van der Waals surface area contributed by atoms with Crippen LogP contribution in [0.2, 0.25) is 0 Å². The first-order valence-electron chi connectivity index (χ1n) is 7.69. The van der Waals surface area contributed by atoms with Crippen molar-refractivity contribution in [2.45, 2.75) is 14.7 Å². The fraction of sp³-hybridized carbons (Fsp3) is 0.0526. The van der Waals surface area contributed by atoms with Crippen LogP contribution in [-0.4, -0.2) is 34.5 Å². The first-order chi connectivity index (χ1) is 12.7. The highest BCUT2D eigenvalue weighted by molar-refractivity contribution is 7.97. The predicted octanol–water partition coefficient (Wildman–Crippen LogP) is 3.40. The fourth-order valence-electron chi connectivity index (χ4n) is 2.24. The van der Waals surface area contributed by atoms with Crippen molar-refractivity contribution < 1.29 is 28.3 Å². The lowest BCUT2D eigenvalue weighted by Crippen LogP contribution is -2.05. The summed E-state index contributed by atoms with van der Waals surface area (Å²) in [5.74, 6) is 0.409. The van der Waals surface area contributed by atoms with Crippen LogP contribution in [0.15, 0.2) is 87.5 Å². The minimum atomic E-state index is -3.67. The molecule has 0 fully saturated rings. The van der Waals surface area contributed by atoms with Crippen LogP contribution in [0.3, 0.4) is 0 Å². The average molecular weight is 407 g/mol. The van der Waals surface area contributed by atoms with Gasteiger partial charge in [-0.25, -0.2) is 0 Å². The monoisotopic (exact) mass is 407 g/mol. The predicted molar refractivity (Wildman–Crippen MR) is 104 cm³/mol. The average Bonchev–Trinajstić information content (AvgIpc) is 2.58. The Hall–Kier alpha value is -2.68. The molecule has 0 saturated carbocycles. The van der Waals surface area contributed by atoms with Crippen molar-refractivity contribution in [2.75, 3.05) is 6.26 Å². The maximum atomic E-state index is 10.2. The summed E-state index contributed by atoms with van der Waals surface area (Å²) in [4.78, 5) is 1.97. The number of rotatable bonds is 3. The second-order valence-corrected chi connectivity index (χ2v) is 8.84. The van der Waals surface area contributed by atoms with E-state index in [1.165, 1.54) is 0 Å². The molecular weight excluding hydrogens is 388 g/mol. The number of hydrogen-bond acceptors (Lipinski definition) is 5. The SMILES string of the molecule is CS(=O)(=O)O.Oc1ccccc1[S+](c1ccccc1O)c1ccccc1O. The van der Waals surface area contributed by atoms with E-state index < -0.39 is 21.0 Å². The van der Waals surface area contributed by atoms with Gasteiger partial charge in [0.15, 0.2) is 17.2 Å². The second kappa shape index (κ2) is 8.81. The number of para-hydroxylation sites is 3. The third-order valence-corrected chi connectivity index (χ3v) is 5.61. The van der Waals surface area contributed by atoms with Crippen molar-refractivity contribution in [3.8, 4) is 17.2 Å². The molecule has 3 aromatic rings. The van der Waals surface area contributed by atoms with Crippen molar-refractivity contribution in [1.29, 1.82) is 0 Å². The van der Waals surface area contributed by atoms with Gasteiger partial charge in [0.25, 0.3) is 10.1 Å². The highest BCUT2D eigenvalue weighted by atomic mass is 32.2. The first-order valence-corrected chi connectivity index (χ1v) is 10.8. The van der Waals surface area contributed by atoms with Crippen LogP contribution < -0.4 is 0 Å². The van der Waals surface area contributed by atoms with Gasteiger partial charge in [0, 0.05) is 0 Å². The van der Waals surface area contributed by atoms with E-state index in [1.807, 2.05) is 18.2 Å². The molecule has 0 radical (unpaired) electrons. The van der Waals surface area contributed by atoms with Crippen LogP contribution in [0.1, 0.15) is 0 Å². The van der Waals surface area contributed by atoms with E-state index in [9.17, 15) is 23.7 Å². The van der Waals surface area contributed by atoms with Crippen molar-refractivity contribution in [2.24, 2.45) is 0 Å². The van der Waals surface area contributed by atoms with Crippen LogP contribution in [0, 0.1) is 0 Å². The molecule has 6 nitrogen and oxygen atoms in total. The number of phenols is 3. The molecule has 0 bridgehead atoms. The van der Waals surface area contributed by atoms with E-state index in [-0.39, 0.29) is 17.2 Å². The zero-order valence-corrected chi connectivity index (χ0v) is 16.0. The van der Waals surface area contributed by atoms with Gasteiger partial charge >= 0.3 is 0 Å². The summed E-state index contributed by atoms with van der Waals surface area (Å²) in [5, 5.41) is 30.7. The quantitative estimate of drug-likeness (QED) is 0.391. The highest BCUT2D eigenvalue weighted by Crippen LogP contribution is 2.42. The third-order valence-electron chi connectivity index (χ3n) is 3.26. The molecule has 0 aliphatic carbocycles. The lowest BCUT2D eigenvalue weighted by Gasteiger charge is -2.11. The van der Waals surface area contributed by atoms with Gasteiger partial charge in [-0.15, -0.1) is 0 Å². The smallest absolute Gasteiger partial charge is 0.261 e. The Morgan fingerprint density at radius 1 is 0.630 bits per heavy atom. The Labute approximate surface area is 160 Å². The zero-order chi connectivity index (χ0) is 20.0. The van der Waals surface area contributed by atoms with Gasteiger partial charge in [-0.3, -0.25) is 4.55 Å². The summed E-state index contributed by atoms with van der Waals surface area (Å²) in [7, 11) is -4.47. The summed E-state index contributed by atoms with van der Waals surface area (Å²) in [5.41, 5.74) is 0. The lowest BCUT2D eigenvalue weighted by molar-refractivity contribution is 0.456. The van der Waals surface area contributed by atoms with E-state index in [2.05, 4.69) is 0 Å². The van der Waals surface area contributed by atoms with Crippen LogP contribution >= 0.6 is 0 Å². The van der Waals surface area contributed by atoms with Gasteiger partial charge in [-0.1, -0.05) is 36.4 Å². The molecule has 0 saturated heterocycles.